The van der Waals surface area contributed by atoms with Crippen LogP contribution in [0.25, 0.3) is 0 Å². The molecule has 0 unspecified atom stereocenters. The number of rotatable bonds is 2. The lowest BCUT2D eigenvalue weighted by Gasteiger charge is -2.27. The quantitative estimate of drug-likeness (QED) is 0.818. The van der Waals surface area contributed by atoms with Crippen LogP contribution in [0.3, 0.4) is 0 Å². The van der Waals surface area contributed by atoms with Crippen LogP contribution >= 0.6 is 0 Å². The zero-order valence-electron chi connectivity index (χ0n) is 15.2. The minimum Gasteiger partial charge on any atom is -0.444 e. The van der Waals surface area contributed by atoms with Gasteiger partial charge in [0, 0.05) is 12.5 Å². The Kier molecular flexibility index (Phi) is 5.11. The molecule has 1 amide bonds. The number of carbonyl (C=O) groups is 1. The van der Waals surface area contributed by atoms with Crippen LogP contribution in [0, 0.1) is 0 Å². The summed E-state index contributed by atoms with van der Waals surface area (Å²) in [6.07, 6.45) is 9.17. The van der Waals surface area contributed by atoms with Crippen LogP contribution in [0.5, 0.6) is 0 Å². The van der Waals surface area contributed by atoms with Gasteiger partial charge >= 0.3 is 6.09 Å². The van der Waals surface area contributed by atoms with Crippen LogP contribution in [-0.4, -0.2) is 38.3 Å². The monoisotopic (exact) mass is 334 g/mol. The lowest BCUT2D eigenvalue weighted by atomic mass is 10.00. The van der Waals surface area contributed by atoms with Gasteiger partial charge in [0.15, 0.2) is 5.82 Å². The number of hydrogen-bond acceptors (Lipinski definition) is 4. The summed E-state index contributed by atoms with van der Waals surface area (Å²) in [5, 5.41) is 7.58. The Labute approximate surface area is 144 Å². The third-order valence-electron chi connectivity index (χ3n) is 4.94. The highest BCUT2D eigenvalue weighted by molar-refractivity contribution is 5.69. The van der Waals surface area contributed by atoms with Crippen LogP contribution in [0.2, 0.25) is 0 Å². The van der Waals surface area contributed by atoms with Crippen LogP contribution in [-0.2, 0) is 4.74 Å². The number of nitrogens with zero attached hydrogens (tertiary/aromatic N) is 3. The highest BCUT2D eigenvalue weighted by Crippen LogP contribution is 2.34. The highest BCUT2D eigenvalue weighted by Gasteiger charge is 2.35. The van der Waals surface area contributed by atoms with Gasteiger partial charge in [0.1, 0.15) is 11.4 Å². The highest BCUT2D eigenvalue weighted by atomic mass is 16.6. The first-order valence-corrected chi connectivity index (χ1v) is 9.36. The van der Waals surface area contributed by atoms with E-state index in [1.54, 1.807) is 4.90 Å². The molecule has 1 aromatic rings. The number of H-pyrrole nitrogens is 1. The second-order valence-corrected chi connectivity index (χ2v) is 8.10. The van der Waals surface area contributed by atoms with Gasteiger partial charge in [0.25, 0.3) is 0 Å². The molecule has 1 atom stereocenters. The number of amides is 1. The topological polar surface area (TPSA) is 71.1 Å². The van der Waals surface area contributed by atoms with E-state index in [4.69, 9.17) is 9.72 Å². The molecule has 2 aliphatic rings. The first kappa shape index (κ1) is 17.2. The molecule has 3 rings (SSSR count). The average molecular weight is 334 g/mol. The Balaban J connectivity index is 1.70. The van der Waals surface area contributed by atoms with Gasteiger partial charge in [-0.1, -0.05) is 25.7 Å². The number of aromatic amines is 1. The molecule has 134 valence electrons. The molecular weight excluding hydrogens is 304 g/mol. The number of aromatic nitrogens is 3. The second-order valence-electron chi connectivity index (χ2n) is 8.10. The van der Waals surface area contributed by atoms with E-state index in [1.807, 2.05) is 20.8 Å². The summed E-state index contributed by atoms with van der Waals surface area (Å²) < 4.78 is 5.54. The van der Waals surface area contributed by atoms with Crippen LogP contribution < -0.4 is 0 Å². The average Bonchev–Trinajstić information content (AvgIpc) is 3.09. The van der Waals surface area contributed by atoms with Crippen molar-refractivity contribution >= 4 is 6.09 Å². The molecule has 1 aliphatic heterocycles. The molecule has 0 radical (unpaired) electrons. The van der Waals surface area contributed by atoms with Gasteiger partial charge in [0.05, 0.1) is 6.04 Å². The third-order valence-corrected chi connectivity index (χ3v) is 4.94. The summed E-state index contributed by atoms with van der Waals surface area (Å²) >= 11 is 0. The van der Waals surface area contributed by atoms with Gasteiger partial charge in [-0.3, -0.25) is 10.00 Å². The Morgan fingerprint density at radius 1 is 1.12 bits per heavy atom. The molecule has 0 bridgehead atoms. The van der Waals surface area contributed by atoms with E-state index in [0.717, 1.165) is 31.0 Å². The van der Waals surface area contributed by atoms with E-state index in [-0.39, 0.29) is 12.1 Å². The third kappa shape index (κ3) is 4.08. The first-order chi connectivity index (χ1) is 11.4. The summed E-state index contributed by atoms with van der Waals surface area (Å²) in [6, 6.07) is -0.0353. The predicted octanol–water partition coefficient (Wildman–Crippen LogP) is 4.31. The fourth-order valence-corrected chi connectivity index (χ4v) is 3.75. The van der Waals surface area contributed by atoms with Gasteiger partial charge in [-0.05, 0) is 46.5 Å². The molecule has 2 heterocycles. The summed E-state index contributed by atoms with van der Waals surface area (Å²) in [7, 11) is 0. The molecular formula is C18H30N4O2. The van der Waals surface area contributed by atoms with E-state index >= 15 is 0 Å². The maximum Gasteiger partial charge on any atom is 0.410 e. The molecule has 1 N–H and O–H groups in total. The van der Waals surface area contributed by atoms with Crippen molar-refractivity contribution in [1.29, 1.82) is 0 Å². The van der Waals surface area contributed by atoms with Gasteiger partial charge < -0.3 is 4.74 Å². The summed E-state index contributed by atoms with van der Waals surface area (Å²) in [6.45, 7) is 6.41. The standard InChI is InChI=1S/C18H30N4O2/c1-18(2,3)24-17(23)22-12-8-11-14(22)16-19-15(20-21-16)13-9-6-4-5-7-10-13/h13-14H,4-12H2,1-3H3,(H,19,20,21)/t14-/m0/s1. The molecule has 1 saturated carbocycles. The molecule has 2 fully saturated rings. The van der Waals surface area contributed by atoms with Crippen molar-refractivity contribution in [3.8, 4) is 0 Å². The fraction of sp³-hybridized carbons (Fsp3) is 0.833. The maximum absolute atomic E-state index is 12.4. The fourth-order valence-electron chi connectivity index (χ4n) is 3.75. The zero-order valence-corrected chi connectivity index (χ0v) is 15.2. The second kappa shape index (κ2) is 7.11. The van der Waals surface area contributed by atoms with E-state index in [2.05, 4.69) is 10.2 Å². The van der Waals surface area contributed by atoms with Crippen molar-refractivity contribution in [3.05, 3.63) is 11.6 Å². The summed E-state index contributed by atoms with van der Waals surface area (Å²) in [5.74, 6) is 2.22. The number of hydrogen-bond donors (Lipinski definition) is 1. The van der Waals surface area contributed by atoms with E-state index in [9.17, 15) is 4.79 Å². The van der Waals surface area contributed by atoms with Gasteiger partial charge in [-0.15, -0.1) is 0 Å². The van der Waals surface area contributed by atoms with Crippen molar-refractivity contribution < 1.29 is 9.53 Å². The Morgan fingerprint density at radius 2 is 1.83 bits per heavy atom. The molecule has 1 saturated heterocycles. The molecule has 1 aliphatic carbocycles. The number of carbonyl (C=O) groups excluding carboxylic acids is 1. The van der Waals surface area contributed by atoms with Crippen molar-refractivity contribution in [2.45, 2.75) is 89.7 Å². The van der Waals surface area contributed by atoms with E-state index in [1.165, 1.54) is 38.5 Å². The molecule has 0 spiro atoms. The van der Waals surface area contributed by atoms with Crippen LogP contribution in [0.1, 0.15) is 95.7 Å². The summed E-state index contributed by atoms with van der Waals surface area (Å²) in [4.78, 5) is 19.0. The van der Waals surface area contributed by atoms with Crippen molar-refractivity contribution in [2.24, 2.45) is 0 Å². The molecule has 6 heteroatoms. The van der Waals surface area contributed by atoms with Crippen molar-refractivity contribution in [3.63, 3.8) is 0 Å². The normalized spacial score (nSPS) is 23.3. The van der Waals surface area contributed by atoms with E-state index in [0.29, 0.717) is 5.92 Å². The van der Waals surface area contributed by atoms with Crippen LogP contribution in [0.15, 0.2) is 0 Å². The van der Waals surface area contributed by atoms with Crippen LogP contribution in [0.4, 0.5) is 4.79 Å². The minimum absolute atomic E-state index is 0.0353. The largest absolute Gasteiger partial charge is 0.444 e. The van der Waals surface area contributed by atoms with Gasteiger partial charge in [-0.2, -0.15) is 5.10 Å². The Bertz CT molecular complexity index is 556. The van der Waals surface area contributed by atoms with Gasteiger partial charge in [-0.25, -0.2) is 9.78 Å². The molecule has 1 aromatic heterocycles. The predicted molar refractivity (Wildman–Crippen MR) is 91.7 cm³/mol. The summed E-state index contributed by atoms with van der Waals surface area (Å²) in [5.41, 5.74) is -0.475. The maximum atomic E-state index is 12.4. The Hall–Kier alpha value is -1.59. The molecule has 24 heavy (non-hydrogen) atoms. The lowest BCUT2D eigenvalue weighted by molar-refractivity contribution is 0.0218. The number of nitrogens with one attached hydrogen (secondary N) is 1. The number of ether oxygens (including phenoxy) is 1. The van der Waals surface area contributed by atoms with E-state index < -0.39 is 5.60 Å². The Morgan fingerprint density at radius 3 is 2.50 bits per heavy atom. The SMILES string of the molecule is CC(C)(C)OC(=O)N1CCC[C@H]1c1nc(C2CCCCCC2)n[nH]1. The molecule has 6 nitrogen and oxygen atoms in total. The lowest BCUT2D eigenvalue weighted by Crippen LogP contribution is -2.36. The number of likely N-dealkylation sites (tertiary alicyclic amines) is 1. The smallest absolute Gasteiger partial charge is 0.410 e. The van der Waals surface area contributed by atoms with Gasteiger partial charge in [0.2, 0.25) is 0 Å². The van der Waals surface area contributed by atoms with Crippen molar-refractivity contribution in [1.82, 2.24) is 20.1 Å². The van der Waals surface area contributed by atoms with Crippen molar-refractivity contribution in [2.75, 3.05) is 6.54 Å². The molecule has 0 aromatic carbocycles. The minimum atomic E-state index is -0.475. The first-order valence-electron chi connectivity index (χ1n) is 9.36. The zero-order chi connectivity index (χ0) is 17.2.